The molecular weight excluding hydrogens is 381 g/mol. The number of hydrogen-bond acceptors (Lipinski definition) is 2. The number of nitrogens with one attached hydrogen (secondary N) is 1. The first-order valence-corrected chi connectivity index (χ1v) is 8.69. The molecule has 0 aliphatic carbocycles. The summed E-state index contributed by atoms with van der Waals surface area (Å²) in [5.74, 6) is -2.23. The molecule has 5 nitrogen and oxygen atoms in total. The van der Waals surface area contributed by atoms with Gasteiger partial charge in [-0.1, -0.05) is 0 Å². The molecule has 0 saturated carbocycles. The molecule has 8 heteroatoms. The molecule has 0 radical (unpaired) electrons. The number of halogens is 3. The summed E-state index contributed by atoms with van der Waals surface area (Å²) in [6.45, 7) is 1.64. The second kappa shape index (κ2) is 7.31. The van der Waals surface area contributed by atoms with Crippen LogP contribution >= 0.6 is 0 Å². The summed E-state index contributed by atoms with van der Waals surface area (Å²) in [7, 11) is 0. The van der Waals surface area contributed by atoms with Crippen molar-refractivity contribution in [2.45, 2.75) is 6.92 Å². The number of anilines is 1. The molecule has 0 unspecified atom stereocenters. The Labute approximate surface area is 164 Å². The summed E-state index contributed by atoms with van der Waals surface area (Å²) < 4.78 is 43.7. The minimum atomic E-state index is -0.885. The number of carbonyl (C=O) groups excluding carboxylic acids is 1. The molecule has 1 N–H and O–H groups in total. The van der Waals surface area contributed by atoms with E-state index in [2.05, 4.69) is 10.4 Å². The highest BCUT2D eigenvalue weighted by molar-refractivity contribution is 6.07. The lowest BCUT2D eigenvalue weighted by atomic mass is 10.2. The summed E-state index contributed by atoms with van der Waals surface area (Å²) in [5.41, 5.74) is 0.987. The predicted molar refractivity (Wildman–Crippen MR) is 102 cm³/mol. The normalized spacial score (nSPS) is 10.9. The summed E-state index contributed by atoms with van der Waals surface area (Å²) >= 11 is 0. The first-order chi connectivity index (χ1) is 13.9. The number of amides is 1. The van der Waals surface area contributed by atoms with Crippen LogP contribution in [0.1, 0.15) is 16.1 Å². The van der Waals surface area contributed by atoms with Gasteiger partial charge < -0.3 is 9.88 Å². The monoisotopic (exact) mass is 396 g/mol. The maximum absolute atomic E-state index is 14.0. The Hall–Kier alpha value is -3.81. The molecule has 0 aliphatic heterocycles. The van der Waals surface area contributed by atoms with Gasteiger partial charge in [0.15, 0.2) is 5.82 Å². The van der Waals surface area contributed by atoms with E-state index in [1.54, 1.807) is 36.0 Å². The lowest BCUT2D eigenvalue weighted by molar-refractivity contribution is 0.102. The third-order valence-electron chi connectivity index (χ3n) is 4.36. The number of aryl methyl sites for hydroxylation is 1. The van der Waals surface area contributed by atoms with Crippen LogP contribution in [0.4, 0.5) is 18.9 Å². The molecule has 29 heavy (non-hydrogen) atoms. The number of hydrogen-bond donors (Lipinski definition) is 1. The summed E-state index contributed by atoms with van der Waals surface area (Å²) in [6.07, 6.45) is 3.46. The number of carbonyl (C=O) groups is 1. The van der Waals surface area contributed by atoms with Gasteiger partial charge in [-0.25, -0.2) is 17.9 Å². The minimum Gasteiger partial charge on any atom is -0.319 e. The summed E-state index contributed by atoms with van der Waals surface area (Å²) in [5, 5.41) is 6.89. The molecule has 0 atom stereocenters. The van der Waals surface area contributed by atoms with Gasteiger partial charge in [0.1, 0.15) is 23.0 Å². The first kappa shape index (κ1) is 18.5. The highest BCUT2D eigenvalue weighted by Gasteiger charge is 2.24. The van der Waals surface area contributed by atoms with Crippen LogP contribution < -0.4 is 5.32 Å². The Kier molecular flexibility index (Phi) is 4.67. The maximum atomic E-state index is 14.0. The van der Waals surface area contributed by atoms with E-state index in [9.17, 15) is 18.0 Å². The standard InChI is InChI=1S/C21H15F3N4O/c1-13-19(20(29)25-18-9-6-15(23)12-17(18)24)21(27-10-2-3-11-27)28(26-13)16-7-4-14(22)5-8-16/h2-12H,1H3,(H,25,29). The van der Waals surface area contributed by atoms with E-state index in [1.807, 2.05) is 0 Å². The number of nitrogens with zero attached hydrogens (tertiary/aromatic N) is 3. The number of aromatic nitrogens is 3. The fourth-order valence-electron chi connectivity index (χ4n) is 3.03. The fourth-order valence-corrected chi connectivity index (χ4v) is 3.03. The topological polar surface area (TPSA) is 51.9 Å². The molecule has 0 spiro atoms. The predicted octanol–water partition coefficient (Wildman–Crippen LogP) is 4.64. The average molecular weight is 396 g/mol. The van der Waals surface area contributed by atoms with Crippen LogP contribution in [0.2, 0.25) is 0 Å². The molecular formula is C21H15F3N4O. The van der Waals surface area contributed by atoms with Crippen molar-refractivity contribution in [3.63, 3.8) is 0 Å². The lowest BCUT2D eigenvalue weighted by Crippen LogP contribution is -2.17. The SMILES string of the molecule is Cc1nn(-c2ccc(F)cc2)c(-n2cccc2)c1C(=O)Nc1ccc(F)cc1F. The molecule has 0 saturated heterocycles. The molecule has 0 fully saturated rings. The van der Waals surface area contributed by atoms with E-state index in [0.717, 1.165) is 12.1 Å². The zero-order valence-electron chi connectivity index (χ0n) is 15.2. The molecule has 4 aromatic rings. The van der Waals surface area contributed by atoms with Crippen LogP contribution in [0, 0.1) is 24.4 Å². The Morgan fingerprint density at radius 2 is 1.62 bits per heavy atom. The van der Waals surface area contributed by atoms with Gasteiger partial charge in [0.05, 0.1) is 17.1 Å². The van der Waals surface area contributed by atoms with Crippen molar-refractivity contribution in [1.82, 2.24) is 14.3 Å². The van der Waals surface area contributed by atoms with E-state index in [1.165, 1.54) is 28.9 Å². The molecule has 4 rings (SSSR count). The van der Waals surface area contributed by atoms with Gasteiger partial charge >= 0.3 is 0 Å². The molecule has 0 bridgehead atoms. The fraction of sp³-hybridized carbons (Fsp3) is 0.0476. The maximum Gasteiger partial charge on any atom is 0.261 e. The van der Waals surface area contributed by atoms with Gasteiger partial charge in [0.25, 0.3) is 5.91 Å². The van der Waals surface area contributed by atoms with Crippen LogP contribution in [-0.4, -0.2) is 20.3 Å². The Morgan fingerprint density at radius 3 is 2.28 bits per heavy atom. The number of rotatable bonds is 4. The quantitative estimate of drug-likeness (QED) is 0.546. The molecule has 0 aliphatic rings. The van der Waals surface area contributed by atoms with Gasteiger partial charge in [-0.2, -0.15) is 5.10 Å². The third-order valence-corrected chi connectivity index (χ3v) is 4.36. The van der Waals surface area contributed by atoms with Crippen molar-refractivity contribution in [3.05, 3.63) is 95.7 Å². The molecule has 1 amide bonds. The third kappa shape index (κ3) is 3.52. The largest absolute Gasteiger partial charge is 0.319 e. The van der Waals surface area contributed by atoms with E-state index in [-0.39, 0.29) is 11.3 Å². The van der Waals surface area contributed by atoms with Crippen molar-refractivity contribution in [2.24, 2.45) is 0 Å². The van der Waals surface area contributed by atoms with Crippen molar-refractivity contribution in [3.8, 4) is 11.5 Å². The highest BCUT2D eigenvalue weighted by atomic mass is 19.1. The van der Waals surface area contributed by atoms with Crippen LogP contribution in [0.3, 0.4) is 0 Å². The summed E-state index contributed by atoms with van der Waals surface area (Å²) in [6, 6.07) is 12.1. The van der Waals surface area contributed by atoms with Gasteiger partial charge in [-0.15, -0.1) is 0 Å². The molecule has 2 aromatic heterocycles. The summed E-state index contributed by atoms with van der Waals surface area (Å²) in [4.78, 5) is 13.0. The smallest absolute Gasteiger partial charge is 0.261 e. The van der Waals surface area contributed by atoms with Crippen LogP contribution in [0.15, 0.2) is 67.0 Å². The van der Waals surface area contributed by atoms with Crippen LogP contribution in [-0.2, 0) is 0 Å². The van der Waals surface area contributed by atoms with Crippen molar-refractivity contribution >= 4 is 11.6 Å². The van der Waals surface area contributed by atoms with E-state index in [4.69, 9.17) is 0 Å². The molecule has 146 valence electrons. The zero-order chi connectivity index (χ0) is 20.5. The second-order valence-electron chi connectivity index (χ2n) is 6.34. The van der Waals surface area contributed by atoms with Gasteiger partial charge in [-0.05, 0) is 55.5 Å². The number of benzene rings is 2. The average Bonchev–Trinajstić information content (AvgIpc) is 3.32. The highest BCUT2D eigenvalue weighted by Crippen LogP contribution is 2.25. The minimum absolute atomic E-state index is 0.149. The van der Waals surface area contributed by atoms with Gasteiger partial charge in [0, 0.05) is 18.5 Å². The second-order valence-corrected chi connectivity index (χ2v) is 6.34. The Balaban J connectivity index is 1.82. The van der Waals surface area contributed by atoms with Crippen LogP contribution in [0.25, 0.3) is 11.5 Å². The Morgan fingerprint density at radius 1 is 0.966 bits per heavy atom. The lowest BCUT2D eigenvalue weighted by Gasteiger charge is -2.12. The van der Waals surface area contributed by atoms with Crippen LogP contribution in [0.5, 0.6) is 0 Å². The van der Waals surface area contributed by atoms with Crippen molar-refractivity contribution < 1.29 is 18.0 Å². The van der Waals surface area contributed by atoms with Gasteiger partial charge in [0.2, 0.25) is 0 Å². The van der Waals surface area contributed by atoms with E-state index >= 15 is 0 Å². The van der Waals surface area contributed by atoms with Crippen molar-refractivity contribution in [2.75, 3.05) is 5.32 Å². The van der Waals surface area contributed by atoms with E-state index in [0.29, 0.717) is 23.3 Å². The van der Waals surface area contributed by atoms with Crippen molar-refractivity contribution in [1.29, 1.82) is 0 Å². The van der Waals surface area contributed by atoms with E-state index < -0.39 is 23.4 Å². The molecule has 2 aromatic carbocycles. The Bertz CT molecular complexity index is 1180. The molecule has 2 heterocycles. The first-order valence-electron chi connectivity index (χ1n) is 8.69. The zero-order valence-corrected chi connectivity index (χ0v) is 15.2. The van der Waals surface area contributed by atoms with Gasteiger partial charge in [-0.3, -0.25) is 4.79 Å².